The standard InChI is InChI=1S/C56H72N2O10/c1-11-46-55(9,68-54(63)58-28-27-57-34-58)32-37(4)47(59)38(5)33-56(10,64-29-19-21-42-20-15-16-22-43-23-17-18-26-45(43)31-42)51(40(7)48(60)41(8)52(61)65-46)66-50-39(6)35(2)30-36(3)49(50)67-53(62)44-24-13-12-14-25-44/h12-14,17-21,23-28,31-32,34-36,38-41,43,46,49-51H,11,15-16,22,29-30,33H2,1-10H3/b21-19+,37-32+,42-20-,45-31-/t35-,36+,38-,39-,40+,41-,43?,46-,49-,50-,51-,55+,56-/m1/s1. The minimum Gasteiger partial charge on any atom is -0.457 e. The summed E-state index contributed by atoms with van der Waals surface area (Å²) >= 11 is 0. The summed E-state index contributed by atoms with van der Waals surface area (Å²) in [7, 11) is 0. The van der Waals surface area contributed by atoms with Crippen molar-refractivity contribution >= 4 is 29.6 Å². The molecule has 68 heavy (non-hydrogen) atoms. The van der Waals surface area contributed by atoms with Crippen LogP contribution in [0.1, 0.15) is 118 Å². The van der Waals surface area contributed by atoms with Gasteiger partial charge >= 0.3 is 18.0 Å². The number of Topliss-reactive ketones (excluding diaryl/α,β-unsaturated/α-hetero) is 2. The monoisotopic (exact) mass is 933 g/mol. The lowest BCUT2D eigenvalue weighted by Gasteiger charge is -2.49. The van der Waals surface area contributed by atoms with Crippen LogP contribution in [0, 0.1) is 41.4 Å². The Bertz CT molecular complexity index is 2310. The molecule has 0 saturated heterocycles. The van der Waals surface area contributed by atoms with E-state index in [2.05, 4.69) is 55.3 Å². The van der Waals surface area contributed by atoms with E-state index in [9.17, 15) is 24.0 Å². The zero-order chi connectivity index (χ0) is 49.3. The Balaban J connectivity index is 1.42. The number of nitrogens with zero attached hydrogens (tertiary/aromatic N) is 2. The molecule has 1 aromatic carbocycles. The van der Waals surface area contributed by atoms with E-state index in [1.165, 1.54) is 37.3 Å². The summed E-state index contributed by atoms with van der Waals surface area (Å²) in [5, 5.41) is 0. The largest absolute Gasteiger partial charge is 0.457 e. The molecule has 1 aromatic heterocycles. The highest BCUT2D eigenvalue weighted by Crippen LogP contribution is 2.43. The molecule has 0 bridgehead atoms. The van der Waals surface area contributed by atoms with Crippen LogP contribution < -0.4 is 0 Å². The van der Waals surface area contributed by atoms with Gasteiger partial charge in [-0.25, -0.2) is 19.1 Å². The number of cyclic esters (lactones) is 1. The van der Waals surface area contributed by atoms with Crippen molar-refractivity contribution < 1.29 is 47.7 Å². The molecule has 0 amide bonds. The molecule has 12 nitrogen and oxygen atoms in total. The first-order valence-electron chi connectivity index (χ1n) is 24.5. The summed E-state index contributed by atoms with van der Waals surface area (Å²) in [4.78, 5) is 75.1. The maximum absolute atomic E-state index is 15.0. The highest BCUT2D eigenvalue weighted by molar-refractivity contribution is 6.00. The van der Waals surface area contributed by atoms with Crippen molar-refractivity contribution in [2.24, 2.45) is 41.4 Å². The van der Waals surface area contributed by atoms with Crippen LogP contribution in [-0.4, -0.2) is 81.4 Å². The van der Waals surface area contributed by atoms with Crippen molar-refractivity contribution in [2.75, 3.05) is 6.61 Å². The quantitative estimate of drug-likeness (QED) is 0.127. The smallest absolute Gasteiger partial charge is 0.420 e. The van der Waals surface area contributed by atoms with Crippen molar-refractivity contribution in [3.63, 3.8) is 0 Å². The predicted molar refractivity (Wildman–Crippen MR) is 260 cm³/mol. The van der Waals surface area contributed by atoms with Crippen LogP contribution in [-0.2, 0) is 38.1 Å². The summed E-state index contributed by atoms with van der Waals surface area (Å²) in [6, 6.07) is 8.83. The van der Waals surface area contributed by atoms with Gasteiger partial charge in [0.05, 0.1) is 30.0 Å². The number of ether oxygens (including phenoxy) is 5. The van der Waals surface area contributed by atoms with Crippen molar-refractivity contribution in [2.45, 2.75) is 143 Å². The van der Waals surface area contributed by atoms with E-state index in [0.717, 1.165) is 35.8 Å². The minimum absolute atomic E-state index is 0.0982. The zero-order valence-electron chi connectivity index (χ0n) is 41.6. The van der Waals surface area contributed by atoms with E-state index in [-0.39, 0.29) is 48.6 Å². The molecule has 4 aliphatic rings. The minimum atomic E-state index is -1.62. The number of ketones is 2. The Hall–Kier alpha value is -5.46. The molecule has 12 heteroatoms. The fraction of sp³-hybridized carbons (Fsp3) is 0.536. The third kappa shape index (κ3) is 12.2. The second kappa shape index (κ2) is 22.8. The third-order valence-corrected chi connectivity index (χ3v) is 14.7. The number of benzene rings is 1. The van der Waals surface area contributed by atoms with Gasteiger partial charge in [-0.15, -0.1) is 0 Å². The lowest BCUT2D eigenvalue weighted by atomic mass is 9.71. The molecular weight excluding hydrogens is 861 g/mol. The van der Waals surface area contributed by atoms with E-state index in [0.29, 0.717) is 11.5 Å². The fourth-order valence-corrected chi connectivity index (χ4v) is 10.6. The zero-order valence-corrected chi connectivity index (χ0v) is 41.6. The van der Waals surface area contributed by atoms with E-state index in [1.54, 1.807) is 52.0 Å². The first kappa shape index (κ1) is 51.9. The summed E-state index contributed by atoms with van der Waals surface area (Å²) in [6.45, 7) is 18.3. The van der Waals surface area contributed by atoms with Gasteiger partial charge in [0, 0.05) is 30.1 Å². The molecule has 0 N–H and O–H groups in total. The highest BCUT2D eigenvalue weighted by Gasteiger charge is 2.52. The number of allylic oxidation sites excluding steroid dienone is 10. The van der Waals surface area contributed by atoms with Crippen molar-refractivity contribution in [3.05, 3.63) is 126 Å². The Morgan fingerprint density at radius 3 is 2.44 bits per heavy atom. The van der Waals surface area contributed by atoms with Crippen molar-refractivity contribution in [1.82, 2.24) is 9.55 Å². The second-order valence-electron chi connectivity index (χ2n) is 20.0. The SMILES string of the molecule is CC[C@H]1OC(=O)[C@H](C)C(=O)[C@H](C)[C@@H](O[C@@H]2[C@H](C)[C@H](C)C[C@H](C)[C@H]2OC(=O)c2ccccc2)[C@](C)(OC/C=C/C2=C/CCCC3C=CC=C\C3=C\2)C[C@@H](C)C(=O)/C(C)=C/[C@]1(C)OC(=O)n1ccnc1. The average Bonchev–Trinajstić information content (AvgIpc) is 3.86. The van der Waals surface area contributed by atoms with E-state index in [4.69, 9.17) is 23.7 Å². The Morgan fingerprint density at radius 2 is 1.74 bits per heavy atom. The van der Waals surface area contributed by atoms with Crippen LogP contribution in [0.4, 0.5) is 4.79 Å². The molecule has 1 saturated carbocycles. The normalized spacial score (nSPS) is 36.4. The molecule has 3 aliphatic carbocycles. The predicted octanol–water partition coefficient (Wildman–Crippen LogP) is 10.7. The number of esters is 2. The number of carbonyl (C=O) groups excluding carboxylic acids is 5. The number of aromatic nitrogens is 2. The number of rotatable bonds is 10. The number of hydrogen-bond donors (Lipinski definition) is 0. The molecule has 1 fully saturated rings. The van der Waals surface area contributed by atoms with Crippen LogP contribution in [0.25, 0.3) is 0 Å². The molecule has 0 spiro atoms. The molecule has 2 aromatic rings. The third-order valence-electron chi connectivity index (χ3n) is 14.7. The topological polar surface area (TPSA) is 149 Å². The molecule has 0 radical (unpaired) electrons. The van der Waals surface area contributed by atoms with Crippen molar-refractivity contribution in [3.8, 4) is 0 Å². The van der Waals surface area contributed by atoms with Gasteiger partial charge in [0.2, 0.25) is 0 Å². The van der Waals surface area contributed by atoms with Crippen LogP contribution in [0.5, 0.6) is 0 Å². The van der Waals surface area contributed by atoms with Gasteiger partial charge in [0.25, 0.3) is 0 Å². The Kier molecular flexibility index (Phi) is 17.4. The molecule has 2 heterocycles. The maximum atomic E-state index is 15.0. The van der Waals surface area contributed by atoms with E-state index >= 15 is 0 Å². The number of imidazole rings is 1. The Labute approximate surface area is 402 Å². The van der Waals surface area contributed by atoms with Gasteiger partial charge in [-0.3, -0.25) is 14.4 Å². The summed E-state index contributed by atoms with van der Waals surface area (Å²) in [5.74, 6) is -4.72. The number of fused-ring (bicyclic) bond motifs is 1. The lowest BCUT2D eigenvalue weighted by molar-refractivity contribution is -0.219. The molecule has 366 valence electrons. The van der Waals surface area contributed by atoms with Crippen LogP contribution in [0.15, 0.2) is 120 Å². The Morgan fingerprint density at radius 1 is 0.985 bits per heavy atom. The molecule has 1 aliphatic heterocycles. The van der Waals surface area contributed by atoms with Gasteiger partial charge in [-0.2, -0.15) is 0 Å². The summed E-state index contributed by atoms with van der Waals surface area (Å²) < 4.78 is 34.1. The first-order chi connectivity index (χ1) is 32.3. The maximum Gasteiger partial charge on any atom is 0.420 e. The van der Waals surface area contributed by atoms with Crippen LogP contribution in [0.2, 0.25) is 0 Å². The average molecular weight is 933 g/mol. The molecule has 1 unspecified atom stereocenters. The van der Waals surface area contributed by atoms with E-state index in [1.807, 2.05) is 39.0 Å². The lowest BCUT2D eigenvalue weighted by Crippen LogP contribution is -2.58. The van der Waals surface area contributed by atoms with Crippen molar-refractivity contribution in [1.29, 1.82) is 0 Å². The van der Waals surface area contributed by atoms with Crippen LogP contribution >= 0.6 is 0 Å². The second-order valence-corrected chi connectivity index (χ2v) is 20.0. The number of carbonyl (C=O) groups is 5. The van der Waals surface area contributed by atoms with Gasteiger partial charge < -0.3 is 23.7 Å². The summed E-state index contributed by atoms with van der Waals surface area (Å²) in [6.07, 6.45) is 22.5. The fourth-order valence-electron chi connectivity index (χ4n) is 10.6. The van der Waals surface area contributed by atoms with Gasteiger partial charge in [0.15, 0.2) is 17.2 Å². The van der Waals surface area contributed by atoms with Crippen LogP contribution in [0.3, 0.4) is 0 Å². The summed E-state index contributed by atoms with van der Waals surface area (Å²) in [5.41, 5.74) is 0.0279. The highest BCUT2D eigenvalue weighted by atomic mass is 16.6. The number of hydrogen-bond acceptors (Lipinski definition) is 11. The van der Waals surface area contributed by atoms with Gasteiger partial charge in [-0.05, 0) is 119 Å². The van der Waals surface area contributed by atoms with E-state index < -0.39 is 77.2 Å². The molecule has 13 atom stereocenters. The molecule has 6 rings (SSSR count). The van der Waals surface area contributed by atoms with Gasteiger partial charge in [0.1, 0.15) is 24.5 Å². The first-order valence-corrected chi connectivity index (χ1v) is 24.5. The van der Waals surface area contributed by atoms with Gasteiger partial charge in [-0.1, -0.05) is 108 Å². The molecular formula is C56H72N2O10.